The predicted octanol–water partition coefficient (Wildman–Crippen LogP) is 8.17. The van der Waals surface area contributed by atoms with Gasteiger partial charge in [-0.2, -0.15) is 13.2 Å². The summed E-state index contributed by atoms with van der Waals surface area (Å²) in [5.41, 5.74) is 4.79. The maximum atomic E-state index is 13.1. The van der Waals surface area contributed by atoms with Gasteiger partial charge < -0.3 is 4.98 Å². The zero-order valence-electron chi connectivity index (χ0n) is 15.8. The topological polar surface area (TPSA) is 28.1 Å². The summed E-state index contributed by atoms with van der Waals surface area (Å²) in [4.78, 5) is 7.68. The third kappa shape index (κ3) is 3.54. The maximum Gasteiger partial charge on any atom is 0.416 e. The van der Waals surface area contributed by atoms with E-state index in [4.69, 9.17) is 23.2 Å². The fraction of sp³-hybridized carbons (Fsp3) is 0.0417. The van der Waals surface area contributed by atoms with Crippen LogP contribution in [-0.2, 0) is 6.18 Å². The number of aliphatic imine (C=N–C) groups is 1. The minimum Gasteiger partial charge on any atom is -0.360 e. The van der Waals surface area contributed by atoms with Crippen molar-refractivity contribution in [3.8, 4) is 0 Å². The van der Waals surface area contributed by atoms with E-state index in [1.54, 1.807) is 24.4 Å². The van der Waals surface area contributed by atoms with Crippen molar-refractivity contribution in [3.63, 3.8) is 0 Å². The Balaban J connectivity index is 1.78. The Morgan fingerprint density at radius 1 is 0.871 bits per heavy atom. The molecule has 7 heteroatoms. The number of hydrogen-bond donors (Lipinski definition) is 1. The Kier molecular flexibility index (Phi) is 4.68. The predicted molar refractivity (Wildman–Crippen MR) is 120 cm³/mol. The molecule has 31 heavy (non-hydrogen) atoms. The molecule has 0 saturated carbocycles. The van der Waals surface area contributed by atoms with E-state index >= 15 is 0 Å². The quantitative estimate of drug-likeness (QED) is 0.315. The average molecular weight is 457 g/mol. The van der Waals surface area contributed by atoms with E-state index in [1.165, 1.54) is 12.1 Å². The standard InChI is InChI=1S/C24H13Cl2F3N2/c25-15-5-7-17-19(11-30-21(17)9-15)23(13-1-3-14(4-2-13)24(27,28)29)20-12-31-22-10-16(26)6-8-18(20)22/h1-12,30H. The second-order valence-corrected chi connectivity index (χ2v) is 8.05. The van der Waals surface area contributed by atoms with Crippen LogP contribution in [-0.4, -0.2) is 11.2 Å². The Morgan fingerprint density at radius 3 is 2.32 bits per heavy atom. The molecule has 0 radical (unpaired) electrons. The molecule has 0 amide bonds. The van der Waals surface area contributed by atoms with Gasteiger partial charge in [-0.25, -0.2) is 0 Å². The van der Waals surface area contributed by atoms with E-state index in [-0.39, 0.29) is 0 Å². The molecule has 0 bridgehead atoms. The number of hydrogen-bond acceptors (Lipinski definition) is 1. The van der Waals surface area contributed by atoms with E-state index in [2.05, 4.69) is 9.98 Å². The third-order valence-corrected chi connectivity index (χ3v) is 5.74. The molecule has 0 unspecified atom stereocenters. The van der Waals surface area contributed by atoms with Crippen LogP contribution in [0.15, 0.2) is 71.9 Å². The zero-order chi connectivity index (χ0) is 21.8. The molecule has 2 heterocycles. The summed E-state index contributed by atoms with van der Waals surface area (Å²) >= 11 is 12.2. The van der Waals surface area contributed by atoms with Gasteiger partial charge in [-0.05, 0) is 42.0 Å². The second-order valence-electron chi connectivity index (χ2n) is 7.18. The molecule has 5 rings (SSSR count). The van der Waals surface area contributed by atoms with Gasteiger partial charge in [0, 0.05) is 55.6 Å². The molecule has 1 aliphatic heterocycles. The highest BCUT2D eigenvalue weighted by Crippen LogP contribution is 2.42. The van der Waals surface area contributed by atoms with Crippen molar-refractivity contribution in [2.24, 2.45) is 4.99 Å². The SMILES string of the molecule is FC(F)(F)c1ccc(C(=C2C=Nc3cc(Cl)ccc32)c2c[nH]c3cc(Cl)ccc23)cc1. The number of rotatable bonds is 2. The normalized spacial score (nSPS) is 14.9. The van der Waals surface area contributed by atoms with Crippen molar-refractivity contribution in [2.45, 2.75) is 6.18 Å². The van der Waals surface area contributed by atoms with E-state index in [0.29, 0.717) is 15.6 Å². The Morgan fingerprint density at radius 2 is 1.58 bits per heavy atom. The van der Waals surface area contributed by atoms with Gasteiger partial charge in [0.15, 0.2) is 0 Å². The van der Waals surface area contributed by atoms with Gasteiger partial charge in [-0.1, -0.05) is 47.5 Å². The maximum absolute atomic E-state index is 13.1. The molecule has 0 atom stereocenters. The van der Waals surface area contributed by atoms with Gasteiger partial charge in [0.2, 0.25) is 0 Å². The molecule has 1 N–H and O–H groups in total. The molecule has 2 nitrogen and oxygen atoms in total. The molecule has 0 spiro atoms. The summed E-state index contributed by atoms with van der Waals surface area (Å²) in [5.74, 6) is 0. The van der Waals surface area contributed by atoms with Crippen LogP contribution >= 0.6 is 23.2 Å². The number of nitrogens with one attached hydrogen (secondary N) is 1. The molecule has 1 aromatic heterocycles. The summed E-state index contributed by atoms with van der Waals surface area (Å²) in [5, 5.41) is 2.06. The second kappa shape index (κ2) is 7.29. The summed E-state index contributed by atoms with van der Waals surface area (Å²) in [6, 6.07) is 16.1. The Hall–Kier alpha value is -3.02. The number of halogens is 5. The number of alkyl halides is 3. The largest absolute Gasteiger partial charge is 0.416 e. The van der Waals surface area contributed by atoms with Gasteiger partial charge in [-0.3, -0.25) is 4.99 Å². The van der Waals surface area contributed by atoms with Crippen molar-refractivity contribution in [1.29, 1.82) is 0 Å². The van der Waals surface area contributed by atoms with E-state index in [1.807, 2.05) is 24.4 Å². The van der Waals surface area contributed by atoms with Crippen LogP contribution in [0.5, 0.6) is 0 Å². The Labute approximate surface area is 185 Å². The first-order chi connectivity index (χ1) is 14.8. The van der Waals surface area contributed by atoms with Crippen LogP contribution in [0.25, 0.3) is 22.0 Å². The molecule has 0 aliphatic carbocycles. The molecule has 0 fully saturated rings. The van der Waals surface area contributed by atoms with Crippen molar-refractivity contribution >= 4 is 57.2 Å². The minimum atomic E-state index is -4.40. The average Bonchev–Trinajstić information content (AvgIpc) is 3.32. The minimum absolute atomic E-state index is 0.565. The number of fused-ring (bicyclic) bond motifs is 2. The highest BCUT2D eigenvalue weighted by Gasteiger charge is 2.30. The van der Waals surface area contributed by atoms with Gasteiger partial charge in [-0.15, -0.1) is 0 Å². The van der Waals surface area contributed by atoms with Crippen LogP contribution < -0.4 is 0 Å². The summed E-state index contributed by atoms with van der Waals surface area (Å²) in [6.07, 6.45) is -0.840. The van der Waals surface area contributed by atoms with Crippen LogP contribution in [0, 0.1) is 0 Å². The fourth-order valence-electron chi connectivity index (χ4n) is 3.83. The first kappa shape index (κ1) is 19.9. The lowest BCUT2D eigenvalue weighted by Gasteiger charge is -2.14. The summed E-state index contributed by atoms with van der Waals surface area (Å²) in [6.45, 7) is 0. The number of aromatic nitrogens is 1. The molecular weight excluding hydrogens is 444 g/mol. The first-order valence-corrected chi connectivity index (χ1v) is 10.1. The third-order valence-electron chi connectivity index (χ3n) is 5.27. The molecule has 1 aliphatic rings. The van der Waals surface area contributed by atoms with Crippen LogP contribution in [0.1, 0.15) is 22.3 Å². The van der Waals surface area contributed by atoms with Crippen molar-refractivity contribution in [2.75, 3.05) is 0 Å². The van der Waals surface area contributed by atoms with Crippen LogP contribution in [0.2, 0.25) is 10.0 Å². The zero-order valence-corrected chi connectivity index (χ0v) is 17.3. The number of nitrogens with zero attached hydrogens (tertiary/aromatic N) is 1. The lowest BCUT2D eigenvalue weighted by molar-refractivity contribution is -0.137. The molecule has 3 aromatic carbocycles. The van der Waals surface area contributed by atoms with E-state index in [9.17, 15) is 13.2 Å². The summed E-state index contributed by atoms with van der Waals surface area (Å²) < 4.78 is 39.3. The molecular formula is C24H13Cl2F3N2. The van der Waals surface area contributed by atoms with E-state index in [0.717, 1.165) is 51.0 Å². The first-order valence-electron chi connectivity index (χ1n) is 9.34. The number of aromatic amines is 1. The lowest BCUT2D eigenvalue weighted by atomic mass is 9.89. The van der Waals surface area contributed by atoms with E-state index < -0.39 is 11.7 Å². The highest BCUT2D eigenvalue weighted by molar-refractivity contribution is 6.33. The monoisotopic (exact) mass is 456 g/mol. The molecule has 4 aromatic rings. The molecule has 0 saturated heterocycles. The summed E-state index contributed by atoms with van der Waals surface area (Å²) in [7, 11) is 0. The van der Waals surface area contributed by atoms with Gasteiger partial charge in [0.1, 0.15) is 0 Å². The van der Waals surface area contributed by atoms with Crippen LogP contribution in [0.3, 0.4) is 0 Å². The Bertz CT molecular complexity index is 1380. The fourth-order valence-corrected chi connectivity index (χ4v) is 4.17. The van der Waals surface area contributed by atoms with Gasteiger partial charge >= 0.3 is 6.18 Å². The lowest BCUT2D eigenvalue weighted by Crippen LogP contribution is -2.04. The van der Waals surface area contributed by atoms with Crippen molar-refractivity contribution in [1.82, 2.24) is 4.98 Å². The number of benzene rings is 3. The number of H-pyrrole nitrogens is 1. The number of allylic oxidation sites excluding steroid dienone is 1. The molecule has 154 valence electrons. The smallest absolute Gasteiger partial charge is 0.360 e. The van der Waals surface area contributed by atoms with Gasteiger partial charge in [0.25, 0.3) is 0 Å². The van der Waals surface area contributed by atoms with Crippen molar-refractivity contribution < 1.29 is 13.2 Å². The van der Waals surface area contributed by atoms with Gasteiger partial charge in [0.05, 0.1) is 11.3 Å². The van der Waals surface area contributed by atoms with Crippen LogP contribution in [0.4, 0.5) is 18.9 Å². The highest BCUT2D eigenvalue weighted by atomic mass is 35.5. The van der Waals surface area contributed by atoms with Crippen molar-refractivity contribution in [3.05, 3.63) is 99.2 Å².